The number of ether oxygens (including phenoxy) is 1. The van der Waals surface area contributed by atoms with Crippen molar-refractivity contribution in [2.75, 3.05) is 26.2 Å². The Morgan fingerprint density at radius 2 is 1.62 bits per heavy atom. The summed E-state index contributed by atoms with van der Waals surface area (Å²) in [6.45, 7) is 1.24. The Morgan fingerprint density at radius 1 is 1.03 bits per heavy atom. The van der Waals surface area contributed by atoms with Crippen molar-refractivity contribution in [2.24, 2.45) is 5.92 Å². The average Bonchev–Trinajstić information content (AvgIpc) is 3.47. The minimum atomic E-state index is -1.03. The van der Waals surface area contributed by atoms with Crippen LogP contribution in [0.25, 0.3) is 11.1 Å². The van der Waals surface area contributed by atoms with Gasteiger partial charge in [-0.3, -0.25) is 10.1 Å². The fraction of sp³-hybridized carbons (Fsp3) is 0.391. The number of hydrogen-bond donors (Lipinski definition) is 2. The minimum Gasteiger partial charge on any atom is -0.480 e. The number of carboxylic acids is 1. The first kappa shape index (κ1) is 18.2. The lowest BCUT2D eigenvalue weighted by atomic mass is 9.90. The van der Waals surface area contributed by atoms with Gasteiger partial charge in [0.25, 0.3) is 0 Å². The van der Waals surface area contributed by atoms with E-state index in [1.807, 2.05) is 24.3 Å². The number of carbonyl (C=O) groups is 2. The van der Waals surface area contributed by atoms with E-state index in [0.29, 0.717) is 12.5 Å². The van der Waals surface area contributed by atoms with Crippen LogP contribution in [0.4, 0.5) is 4.79 Å². The largest absolute Gasteiger partial charge is 0.480 e. The Balaban J connectivity index is 1.23. The van der Waals surface area contributed by atoms with Crippen LogP contribution in [0.1, 0.15) is 29.9 Å². The number of nitrogens with zero attached hydrogens (tertiary/aromatic N) is 1. The van der Waals surface area contributed by atoms with E-state index < -0.39 is 17.6 Å². The zero-order chi connectivity index (χ0) is 20.0. The molecule has 2 fully saturated rings. The molecule has 0 bridgehead atoms. The molecule has 6 nitrogen and oxygen atoms in total. The van der Waals surface area contributed by atoms with Gasteiger partial charge in [-0.25, -0.2) is 4.79 Å². The van der Waals surface area contributed by atoms with E-state index in [9.17, 15) is 14.7 Å². The van der Waals surface area contributed by atoms with Crippen LogP contribution >= 0.6 is 0 Å². The molecule has 0 spiro atoms. The molecule has 6 heteroatoms. The van der Waals surface area contributed by atoms with Crippen LogP contribution in [-0.2, 0) is 9.53 Å². The number of nitrogens with one attached hydrogen (secondary N) is 1. The summed E-state index contributed by atoms with van der Waals surface area (Å²) < 4.78 is 5.62. The molecule has 0 atom stereocenters. The average molecular weight is 392 g/mol. The molecule has 1 saturated carbocycles. The molecule has 0 aromatic heterocycles. The fourth-order valence-electron chi connectivity index (χ4n) is 4.40. The standard InChI is InChI=1S/C23H24N2O4/c26-21(27)23(24-11-15-9-10-15)13-25(14-23)22(28)29-12-20-18-7-3-1-5-16(18)17-6-2-4-8-19(17)20/h1-8,15,20,24H,9-14H2,(H,26,27). The van der Waals surface area contributed by atoms with E-state index in [4.69, 9.17) is 4.74 Å². The zero-order valence-electron chi connectivity index (χ0n) is 16.1. The summed E-state index contributed by atoms with van der Waals surface area (Å²) in [5.41, 5.74) is 3.66. The van der Waals surface area contributed by atoms with Crippen molar-refractivity contribution in [3.05, 3.63) is 59.7 Å². The Bertz CT molecular complexity index is 917. The molecular formula is C23H24N2O4. The van der Waals surface area contributed by atoms with E-state index in [2.05, 4.69) is 29.6 Å². The van der Waals surface area contributed by atoms with Gasteiger partial charge in [-0.1, -0.05) is 48.5 Å². The second-order valence-corrected chi connectivity index (χ2v) is 8.37. The minimum absolute atomic E-state index is 0.00449. The number of fused-ring (bicyclic) bond motifs is 3. The van der Waals surface area contributed by atoms with Crippen molar-refractivity contribution in [1.82, 2.24) is 10.2 Å². The normalized spacial score (nSPS) is 19.2. The highest BCUT2D eigenvalue weighted by Gasteiger charge is 2.52. The van der Waals surface area contributed by atoms with Gasteiger partial charge >= 0.3 is 12.1 Å². The van der Waals surface area contributed by atoms with Crippen molar-refractivity contribution in [2.45, 2.75) is 24.3 Å². The topological polar surface area (TPSA) is 78.9 Å². The van der Waals surface area contributed by atoms with Gasteiger partial charge in [0.05, 0.1) is 13.1 Å². The number of hydrogen-bond acceptors (Lipinski definition) is 4. The lowest BCUT2D eigenvalue weighted by Gasteiger charge is -2.46. The van der Waals surface area contributed by atoms with Gasteiger partial charge < -0.3 is 14.7 Å². The predicted molar refractivity (Wildman–Crippen MR) is 108 cm³/mol. The van der Waals surface area contributed by atoms with Crippen LogP contribution < -0.4 is 5.32 Å². The van der Waals surface area contributed by atoms with E-state index in [1.165, 1.54) is 16.0 Å². The molecule has 1 heterocycles. The molecule has 29 heavy (non-hydrogen) atoms. The van der Waals surface area contributed by atoms with Gasteiger partial charge in [-0.2, -0.15) is 0 Å². The van der Waals surface area contributed by atoms with Gasteiger partial charge in [0.15, 0.2) is 5.54 Å². The Labute approximate surface area is 169 Å². The van der Waals surface area contributed by atoms with Crippen LogP contribution in [-0.4, -0.2) is 53.8 Å². The van der Waals surface area contributed by atoms with Crippen LogP contribution in [0.15, 0.2) is 48.5 Å². The highest BCUT2D eigenvalue weighted by Crippen LogP contribution is 2.44. The summed E-state index contributed by atoms with van der Waals surface area (Å²) in [4.78, 5) is 25.7. The summed E-state index contributed by atoms with van der Waals surface area (Å²) in [6, 6.07) is 16.4. The molecular weight excluding hydrogens is 368 g/mol. The fourth-order valence-corrected chi connectivity index (χ4v) is 4.40. The molecule has 3 aliphatic rings. The first-order chi connectivity index (χ1) is 14.1. The summed E-state index contributed by atoms with van der Waals surface area (Å²) in [6.07, 6.45) is 1.86. The zero-order valence-corrected chi connectivity index (χ0v) is 16.1. The van der Waals surface area contributed by atoms with E-state index in [-0.39, 0.29) is 25.6 Å². The molecule has 5 rings (SSSR count). The summed E-state index contributed by atoms with van der Waals surface area (Å²) in [7, 11) is 0. The van der Waals surface area contributed by atoms with Crippen LogP contribution in [0.5, 0.6) is 0 Å². The lowest BCUT2D eigenvalue weighted by molar-refractivity contribution is -0.151. The molecule has 1 amide bonds. The third-order valence-electron chi connectivity index (χ3n) is 6.35. The number of amides is 1. The Hall–Kier alpha value is -2.86. The van der Waals surface area contributed by atoms with Gasteiger partial charge in [0, 0.05) is 5.92 Å². The van der Waals surface area contributed by atoms with Crippen molar-refractivity contribution >= 4 is 12.1 Å². The number of carboxylic acid groups (broad SMARTS) is 1. The number of rotatable bonds is 6. The highest BCUT2D eigenvalue weighted by molar-refractivity contribution is 5.84. The van der Waals surface area contributed by atoms with E-state index in [0.717, 1.165) is 24.0 Å². The molecule has 1 saturated heterocycles. The molecule has 0 radical (unpaired) electrons. The predicted octanol–water partition coefficient (Wildman–Crippen LogP) is 3.07. The van der Waals surface area contributed by atoms with Gasteiger partial charge in [-0.05, 0) is 47.6 Å². The Morgan fingerprint density at radius 3 is 2.17 bits per heavy atom. The summed E-state index contributed by atoms with van der Waals surface area (Å²) in [5.74, 6) is -0.319. The Kier molecular flexibility index (Phi) is 4.32. The maximum Gasteiger partial charge on any atom is 0.409 e. The van der Waals surface area contributed by atoms with Crippen LogP contribution in [0.3, 0.4) is 0 Å². The van der Waals surface area contributed by atoms with Crippen LogP contribution in [0, 0.1) is 5.92 Å². The number of benzene rings is 2. The number of aliphatic carboxylic acids is 1. The first-order valence-electron chi connectivity index (χ1n) is 10.2. The van der Waals surface area contributed by atoms with Crippen molar-refractivity contribution in [3.63, 3.8) is 0 Å². The molecule has 0 unspecified atom stereocenters. The van der Waals surface area contributed by atoms with Crippen molar-refractivity contribution < 1.29 is 19.4 Å². The van der Waals surface area contributed by atoms with Gasteiger partial charge in [0.1, 0.15) is 6.61 Å². The first-order valence-corrected chi connectivity index (χ1v) is 10.2. The monoisotopic (exact) mass is 392 g/mol. The van der Waals surface area contributed by atoms with Crippen molar-refractivity contribution in [3.8, 4) is 11.1 Å². The molecule has 2 aromatic carbocycles. The molecule has 2 aliphatic carbocycles. The lowest BCUT2D eigenvalue weighted by Crippen LogP contribution is -2.74. The second-order valence-electron chi connectivity index (χ2n) is 8.37. The van der Waals surface area contributed by atoms with Crippen molar-refractivity contribution in [1.29, 1.82) is 0 Å². The maximum atomic E-state index is 12.5. The van der Waals surface area contributed by atoms with Crippen LogP contribution in [0.2, 0.25) is 0 Å². The molecule has 1 aliphatic heterocycles. The van der Waals surface area contributed by atoms with E-state index >= 15 is 0 Å². The second kappa shape index (κ2) is 6.88. The highest BCUT2D eigenvalue weighted by atomic mass is 16.6. The molecule has 2 N–H and O–H groups in total. The summed E-state index contributed by atoms with van der Waals surface area (Å²) >= 11 is 0. The maximum absolute atomic E-state index is 12.5. The third kappa shape index (κ3) is 3.17. The SMILES string of the molecule is O=C(OCC1c2ccccc2-c2ccccc21)N1CC(NCC2CC2)(C(=O)O)C1. The number of likely N-dealkylation sites (tertiary alicyclic amines) is 1. The molecule has 150 valence electrons. The van der Waals surface area contributed by atoms with Gasteiger partial charge in [0.2, 0.25) is 0 Å². The third-order valence-corrected chi connectivity index (χ3v) is 6.35. The molecule has 2 aromatic rings. The quantitative estimate of drug-likeness (QED) is 0.790. The van der Waals surface area contributed by atoms with Gasteiger partial charge in [-0.15, -0.1) is 0 Å². The van der Waals surface area contributed by atoms with E-state index in [1.54, 1.807) is 0 Å². The summed E-state index contributed by atoms with van der Waals surface area (Å²) in [5, 5.41) is 12.7. The number of carbonyl (C=O) groups excluding carboxylic acids is 1. The smallest absolute Gasteiger partial charge is 0.409 e.